The topological polar surface area (TPSA) is 20.2 Å². The van der Waals surface area contributed by atoms with E-state index in [2.05, 4.69) is 6.92 Å². The lowest BCUT2D eigenvalue weighted by Gasteiger charge is -2.37. The van der Waals surface area contributed by atoms with Crippen LogP contribution >= 0.6 is 0 Å². The van der Waals surface area contributed by atoms with Crippen molar-refractivity contribution in [1.29, 1.82) is 0 Å². The Balaban J connectivity index is 1.42. The van der Waals surface area contributed by atoms with Crippen molar-refractivity contribution in [2.24, 2.45) is 17.8 Å². The molecule has 0 atom stereocenters. The normalized spacial score (nSPS) is 31.8. The second kappa shape index (κ2) is 9.49. The standard InChI is InChI=1S/C24H36F2O/c1-2-3-5-18-8-10-19(11-9-18)12-13-20-14-16-24(27,17-15-20)21-6-4-7-22(25)23(21)26/h4,6-7,18-20,27H,2-3,5,8-17H2,1H3. The first-order valence-corrected chi connectivity index (χ1v) is 11.2. The van der Waals surface area contributed by atoms with Gasteiger partial charge in [-0.25, -0.2) is 8.78 Å². The molecular weight excluding hydrogens is 342 g/mol. The van der Waals surface area contributed by atoms with Gasteiger partial charge in [-0.2, -0.15) is 0 Å². The van der Waals surface area contributed by atoms with Crippen molar-refractivity contribution in [1.82, 2.24) is 0 Å². The number of hydrogen-bond acceptors (Lipinski definition) is 1. The molecule has 2 aliphatic rings. The molecule has 2 fully saturated rings. The molecule has 0 amide bonds. The van der Waals surface area contributed by atoms with Crippen LogP contribution in [0.5, 0.6) is 0 Å². The summed E-state index contributed by atoms with van der Waals surface area (Å²) in [6, 6.07) is 4.15. The van der Waals surface area contributed by atoms with Crippen molar-refractivity contribution in [2.45, 2.75) is 96.0 Å². The van der Waals surface area contributed by atoms with E-state index in [0.29, 0.717) is 18.8 Å². The highest BCUT2D eigenvalue weighted by Crippen LogP contribution is 2.43. The van der Waals surface area contributed by atoms with Crippen LogP contribution in [0.4, 0.5) is 8.78 Å². The number of aliphatic hydroxyl groups is 1. The number of rotatable bonds is 7. The number of halogens is 2. The van der Waals surface area contributed by atoms with Gasteiger partial charge in [-0.1, -0.05) is 76.8 Å². The van der Waals surface area contributed by atoms with Gasteiger partial charge < -0.3 is 5.11 Å². The zero-order valence-electron chi connectivity index (χ0n) is 16.9. The Labute approximate surface area is 163 Å². The van der Waals surface area contributed by atoms with Crippen molar-refractivity contribution >= 4 is 0 Å². The maximum Gasteiger partial charge on any atom is 0.164 e. The van der Waals surface area contributed by atoms with Gasteiger partial charge in [0.1, 0.15) is 0 Å². The fourth-order valence-electron chi connectivity index (χ4n) is 5.35. The molecule has 1 aromatic rings. The first-order valence-electron chi connectivity index (χ1n) is 11.2. The summed E-state index contributed by atoms with van der Waals surface area (Å²) in [7, 11) is 0. The summed E-state index contributed by atoms with van der Waals surface area (Å²) >= 11 is 0. The lowest BCUT2D eigenvalue weighted by molar-refractivity contribution is -0.0193. The minimum Gasteiger partial charge on any atom is -0.385 e. The van der Waals surface area contributed by atoms with E-state index >= 15 is 0 Å². The van der Waals surface area contributed by atoms with E-state index in [0.717, 1.165) is 30.7 Å². The third-order valence-corrected chi connectivity index (χ3v) is 7.30. The lowest BCUT2D eigenvalue weighted by atomic mass is 9.72. The first-order chi connectivity index (χ1) is 13.0. The van der Waals surface area contributed by atoms with Gasteiger partial charge in [0.15, 0.2) is 11.6 Å². The van der Waals surface area contributed by atoms with E-state index in [-0.39, 0.29) is 5.56 Å². The monoisotopic (exact) mass is 378 g/mol. The molecule has 1 nitrogen and oxygen atoms in total. The van der Waals surface area contributed by atoms with Crippen LogP contribution in [0.2, 0.25) is 0 Å². The van der Waals surface area contributed by atoms with Gasteiger partial charge in [0.25, 0.3) is 0 Å². The van der Waals surface area contributed by atoms with Crippen LogP contribution in [-0.2, 0) is 5.60 Å². The van der Waals surface area contributed by atoms with E-state index in [9.17, 15) is 13.9 Å². The van der Waals surface area contributed by atoms with Crippen LogP contribution in [0.3, 0.4) is 0 Å². The van der Waals surface area contributed by atoms with Gasteiger partial charge in [0.05, 0.1) is 5.60 Å². The summed E-state index contributed by atoms with van der Waals surface area (Å²) in [5.74, 6) is 0.729. The molecule has 0 aliphatic heterocycles. The molecule has 152 valence electrons. The Hall–Kier alpha value is -0.960. The molecule has 1 aromatic carbocycles. The van der Waals surface area contributed by atoms with Crippen molar-refractivity contribution in [2.75, 3.05) is 0 Å². The highest BCUT2D eigenvalue weighted by Gasteiger charge is 2.37. The van der Waals surface area contributed by atoms with E-state index in [1.165, 1.54) is 69.9 Å². The van der Waals surface area contributed by atoms with E-state index in [4.69, 9.17) is 0 Å². The van der Waals surface area contributed by atoms with Crippen LogP contribution in [0.1, 0.15) is 96.0 Å². The summed E-state index contributed by atoms with van der Waals surface area (Å²) in [4.78, 5) is 0. The average molecular weight is 379 g/mol. The number of unbranched alkanes of at least 4 members (excludes halogenated alkanes) is 1. The molecule has 0 heterocycles. The summed E-state index contributed by atoms with van der Waals surface area (Å²) in [6.45, 7) is 2.28. The number of benzene rings is 1. The van der Waals surface area contributed by atoms with Crippen molar-refractivity contribution in [3.63, 3.8) is 0 Å². The molecule has 3 rings (SSSR count). The second-order valence-electron chi connectivity index (χ2n) is 9.18. The summed E-state index contributed by atoms with van der Waals surface area (Å²) in [5, 5.41) is 10.9. The molecule has 2 saturated carbocycles. The summed E-state index contributed by atoms with van der Waals surface area (Å²) < 4.78 is 27.6. The molecule has 0 aromatic heterocycles. The molecular formula is C24H36F2O. The minimum absolute atomic E-state index is 0.145. The SMILES string of the molecule is CCCCC1CCC(CCC2CCC(O)(c3cccc(F)c3F)CC2)CC1. The van der Waals surface area contributed by atoms with Gasteiger partial charge >= 0.3 is 0 Å². The fraction of sp³-hybridized carbons (Fsp3) is 0.750. The quantitative estimate of drug-likeness (QED) is 0.535. The molecule has 3 heteroatoms. The Kier molecular flexibility index (Phi) is 7.30. The van der Waals surface area contributed by atoms with Crippen LogP contribution in [0.25, 0.3) is 0 Å². The van der Waals surface area contributed by atoms with Crippen LogP contribution in [0.15, 0.2) is 18.2 Å². The van der Waals surface area contributed by atoms with Crippen molar-refractivity contribution < 1.29 is 13.9 Å². The van der Waals surface area contributed by atoms with Crippen molar-refractivity contribution in [3.8, 4) is 0 Å². The van der Waals surface area contributed by atoms with Gasteiger partial charge in [-0.3, -0.25) is 0 Å². The predicted octanol–water partition coefficient (Wildman–Crippen LogP) is 7.12. The van der Waals surface area contributed by atoms with Crippen molar-refractivity contribution in [3.05, 3.63) is 35.4 Å². The Morgan fingerprint density at radius 2 is 1.44 bits per heavy atom. The Morgan fingerprint density at radius 3 is 2.04 bits per heavy atom. The average Bonchev–Trinajstić information content (AvgIpc) is 2.69. The van der Waals surface area contributed by atoms with Crippen LogP contribution < -0.4 is 0 Å². The van der Waals surface area contributed by atoms with Crippen LogP contribution in [-0.4, -0.2) is 5.11 Å². The molecule has 0 saturated heterocycles. The zero-order chi connectivity index (χ0) is 19.3. The van der Waals surface area contributed by atoms with Gasteiger partial charge in [-0.05, 0) is 49.5 Å². The molecule has 0 bridgehead atoms. The largest absolute Gasteiger partial charge is 0.385 e. The number of hydrogen-bond donors (Lipinski definition) is 1. The van der Waals surface area contributed by atoms with Crippen LogP contribution in [0, 0.1) is 29.4 Å². The smallest absolute Gasteiger partial charge is 0.164 e. The lowest BCUT2D eigenvalue weighted by Crippen LogP contribution is -2.33. The second-order valence-corrected chi connectivity index (χ2v) is 9.18. The van der Waals surface area contributed by atoms with E-state index in [1.807, 2.05) is 0 Å². The van der Waals surface area contributed by atoms with E-state index < -0.39 is 17.2 Å². The molecule has 0 spiro atoms. The Morgan fingerprint density at radius 1 is 0.889 bits per heavy atom. The minimum atomic E-state index is -1.19. The summed E-state index contributed by atoms with van der Waals surface area (Å²) in [6.07, 6.45) is 15.2. The van der Waals surface area contributed by atoms with E-state index in [1.54, 1.807) is 0 Å². The molecule has 1 N–H and O–H groups in total. The fourth-order valence-corrected chi connectivity index (χ4v) is 5.35. The first kappa shape index (κ1) is 20.8. The molecule has 0 unspecified atom stereocenters. The highest BCUT2D eigenvalue weighted by atomic mass is 19.2. The third kappa shape index (κ3) is 5.31. The summed E-state index contributed by atoms with van der Waals surface area (Å²) in [5.41, 5.74) is -1.05. The molecule has 2 aliphatic carbocycles. The highest BCUT2D eigenvalue weighted by molar-refractivity contribution is 5.26. The van der Waals surface area contributed by atoms with Gasteiger partial charge in [-0.15, -0.1) is 0 Å². The maximum atomic E-state index is 14.1. The van der Waals surface area contributed by atoms with Gasteiger partial charge in [0.2, 0.25) is 0 Å². The zero-order valence-corrected chi connectivity index (χ0v) is 16.9. The maximum absolute atomic E-state index is 14.1. The Bertz CT molecular complexity index is 584. The van der Waals surface area contributed by atoms with Gasteiger partial charge in [0, 0.05) is 5.56 Å². The predicted molar refractivity (Wildman–Crippen MR) is 106 cm³/mol. The third-order valence-electron chi connectivity index (χ3n) is 7.30. The molecule has 27 heavy (non-hydrogen) atoms. The molecule has 0 radical (unpaired) electrons.